The fraction of sp³-hybridized carbons (Fsp3) is 0.0714. The predicted molar refractivity (Wildman–Crippen MR) is 79.9 cm³/mol. The number of hydrogen-bond donors (Lipinski definition) is 2. The molecule has 0 saturated heterocycles. The Hall–Kier alpha value is -1.85. The van der Waals surface area contributed by atoms with E-state index < -0.39 is 17.5 Å². The summed E-state index contributed by atoms with van der Waals surface area (Å²) < 4.78 is 25.8. The highest BCUT2D eigenvalue weighted by atomic mass is 35.5. The van der Waals surface area contributed by atoms with Crippen LogP contribution in [0.25, 0.3) is 0 Å². The van der Waals surface area contributed by atoms with Gasteiger partial charge in [0.05, 0.1) is 17.3 Å². The Morgan fingerprint density at radius 2 is 1.81 bits per heavy atom. The van der Waals surface area contributed by atoms with Crippen molar-refractivity contribution in [1.82, 2.24) is 0 Å². The Bertz CT molecular complexity index is 680. The van der Waals surface area contributed by atoms with Gasteiger partial charge in [-0.15, -0.1) is 0 Å². The number of benzene rings is 2. The molecular formula is C14H10Cl2F2N2O. The summed E-state index contributed by atoms with van der Waals surface area (Å²) in [6.45, 7) is -0.0830. The fourth-order valence-electron chi connectivity index (χ4n) is 1.59. The van der Waals surface area contributed by atoms with Crippen molar-refractivity contribution in [3.8, 4) is 0 Å². The summed E-state index contributed by atoms with van der Waals surface area (Å²) in [4.78, 5) is 11.7. The van der Waals surface area contributed by atoms with E-state index in [-0.39, 0.29) is 12.2 Å². The van der Waals surface area contributed by atoms with Crippen LogP contribution in [0.4, 0.5) is 20.2 Å². The average molecular weight is 331 g/mol. The zero-order valence-electron chi connectivity index (χ0n) is 10.6. The molecule has 0 heterocycles. The van der Waals surface area contributed by atoms with Gasteiger partial charge in [0.2, 0.25) is 5.91 Å². The molecule has 0 aliphatic carbocycles. The minimum Gasteiger partial charge on any atom is -0.375 e. The van der Waals surface area contributed by atoms with Gasteiger partial charge in [-0.2, -0.15) is 0 Å². The molecular weight excluding hydrogens is 321 g/mol. The van der Waals surface area contributed by atoms with Crippen molar-refractivity contribution >= 4 is 40.5 Å². The van der Waals surface area contributed by atoms with Gasteiger partial charge in [-0.25, -0.2) is 8.78 Å². The number of halogens is 4. The lowest BCUT2D eigenvalue weighted by Crippen LogP contribution is -2.22. The van der Waals surface area contributed by atoms with Crippen molar-refractivity contribution in [2.24, 2.45) is 0 Å². The first-order chi connectivity index (χ1) is 9.95. The third-order valence-corrected chi connectivity index (χ3v) is 3.12. The number of carbonyl (C=O) groups is 1. The van der Waals surface area contributed by atoms with Crippen molar-refractivity contribution < 1.29 is 13.6 Å². The van der Waals surface area contributed by atoms with Crippen LogP contribution in [0.3, 0.4) is 0 Å². The van der Waals surface area contributed by atoms with E-state index in [1.54, 1.807) is 18.2 Å². The number of amides is 1. The molecule has 0 bridgehead atoms. The Morgan fingerprint density at radius 1 is 1.05 bits per heavy atom. The second kappa shape index (κ2) is 6.74. The number of carbonyl (C=O) groups excluding carboxylic acids is 1. The second-order valence-corrected chi connectivity index (χ2v) is 5.00. The maximum Gasteiger partial charge on any atom is 0.243 e. The number of hydrogen-bond acceptors (Lipinski definition) is 2. The lowest BCUT2D eigenvalue weighted by molar-refractivity contribution is -0.114. The Morgan fingerprint density at radius 3 is 2.48 bits per heavy atom. The molecule has 0 saturated carbocycles. The summed E-state index contributed by atoms with van der Waals surface area (Å²) in [6.07, 6.45) is 0. The summed E-state index contributed by atoms with van der Waals surface area (Å²) in [5, 5.41) is 6.11. The molecule has 2 N–H and O–H groups in total. The highest BCUT2D eigenvalue weighted by Crippen LogP contribution is 2.25. The normalized spacial score (nSPS) is 10.3. The van der Waals surface area contributed by atoms with Gasteiger partial charge < -0.3 is 10.6 Å². The van der Waals surface area contributed by atoms with Crippen LogP contribution >= 0.6 is 23.2 Å². The number of rotatable bonds is 4. The molecule has 0 aromatic heterocycles. The first-order valence-electron chi connectivity index (χ1n) is 5.89. The number of nitrogens with one attached hydrogen (secondary N) is 2. The summed E-state index contributed by atoms with van der Waals surface area (Å²) in [6, 6.07) is 7.92. The van der Waals surface area contributed by atoms with Gasteiger partial charge in [0.1, 0.15) is 0 Å². The first kappa shape index (κ1) is 15.5. The van der Waals surface area contributed by atoms with Gasteiger partial charge in [0.25, 0.3) is 0 Å². The molecule has 2 aromatic carbocycles. The SMILES string of the molecule is O=C(CNc1ccc(Cl)cc1Cl)Nc1ccc(F)c(F)c1. The van der Waals surface area contributed by atoms with Gasteiger partial charge in [-0.05, 0) is 30.3 Å². The summed E-state index contributed by atoms with van der Waals surface area (Å²) in [5.41, 5.74) is 0.712. The van der Waals surface area contributed by atoms with Crippen LogP contribution in [0.1, 0.15) is 0 Å². The third kappa shape index (κ3) is 4.31. The maximum absolute atomic E-state index is 13.0. The van der Waals surface area contributed by atoms with E-state index >= 15 is 0 Å². The lowest BCUT2D eigenvalue weighted by atomic mass is 10.3. The zero-order chi connectivity index (χ0) is 15.4. The minimum atomic E-state index is -1.03. The summed E-state index contributed by atoms with van der Waals surface area (Å²) >= 11 is 11.7. The van der Waals surface area contributed by atoms with Crippen LogP contribution in [-0.2, 0) is 4.79 Å². The molecule has 21 heavy (non-hydrogen) atoms. The van der Waals surface area contributed by atoms with Crippen LogP contribution in [-0.4, -0.2) is 12.5 Å². The summed E-state index contributed by atoms with van der Waals surface area (Å²) in [5.74, 6) is -2.42. The Labute approximate surface area is 129 Å². The Kier molecular flexibility index (Phi) is 4.98. The van der Waals surface area contributed by atoms with E-state index in [9.17, 15) is 13.6 Å². The molecule has 2 rings (SSSR count). The predicted octanol–water partition coefficient (Wildman–Crippen LogP) is 4.32. The minimum absolute atomic E-state index is 0.0830. The molecule has 1 amide bonds. The second-order valence-electron chi connectivity index (χ2n) is 4.15. The standard InChI is InChI=1S/C14H10Cl2F2N2O/c15-8-1-4-13(10(16)5-8)19-7-14(21)20-9-2-3-11(17)12(18)6-9/h1-6,19H,7H2,(H,20,21). The van der Waals surface area contributed by atoms with Crippen LogP contribution in [0.5, 0.6) is 0 Å². The lowest BCUT2D eigenvalue weighted by Gasteiger charge is -2.09. The van der Waals surface area contributed by atoms with Crippen molar-refractivity contribution in [1.29, 1.82) is 0 Å². The fourth-order valence-corrected chi connectivity index (χ4v) is 2.06. The van der Waals surface area contributed by atoms with Crippen molar-refractivity contribution in [3.63, 3.8) is 0 Å². The van der Waals surface area contributed by atoms with Gasteiger partial charge >= 0.3 is 0 Å². The topological polar surface area (TPSA) is 41.1 Å². The van der Waals surface area contributed by atoms with Gasteiger partial charge in [-0.3, -0.25) is 4.79 Å². The largest absolute Gasteiger partial charge is 0.375 e. The van der Waals surface area contributed by atoms with Crippen molar-refractivity contribution in [3.05, 3.63) is 58.1 Å². The van der Waals surface area contributed by atoms with E-state index in [0.717, 1.165) is 12.1 Å². The smallest absolute Gasteiger partial charge is 0.243 e. The monoisotopic (exact) mass is 330 g/mol. The van der Waals surface area contributed by atoms with Crippen molar-refractivity contribution in [2.45, 2.75) is 0 Å². The van der Waals surface area contributed by atoms with Crippen LogP contribution < -0.4 is 10.6 Å². The molecule has 110 valence electrons. The molecule has 0 spiro atoms. The van der Waals surface area contributed by atoms with Crippen LogP contribution in [0.15, 0.2) is 36.4 Å². The van der Waals surface area contributed by atoms with E-state index in [1.165, 1.54) is 6.07 Å². The maximum atomic E-state index is 13.0. The molecule has 7 heteroatoms. The van der Waals surface area contributed by atoms with E-state index in [4.69, 9.17) is 23.2 Å². The molecule has 2 aromatic rings. The average Bonchev–Trinajstić information content (AvgIpc) is 2.42. The van der Waals surface area contributed by atoms with E-state index in [0.29, 0.717) is 15.7 Å². The van der Waals surface area contributed by atoms with E-state index in [2.05, 4.69) is 10.6 Å². The van der Waals surface area contributed by atoms with E-state index in [1.807, 2.05) is 0 Å². The van der Waals surface area contributed by atoms with Crippen LogP contribution in [0.2, 0.25) is 10.0 Å². The molecule has 0 aliphatic rings. The first-order valence-corrected chi connectivity index (χ1v) is 6.65. The van der Waals surface area contributed by atoms with Crippen molar-refractivity contribution in [2.75, 3.05) is 17.2 Å². The zero-order valence-corrected chi connectivity index (χ0v) is 12.1. The highest BCUT2D eigenvalue weighted by Gasteiger charge is 2.07. The van der Waals surface area contributed by atoms with Crippen LogP contribution in [0, 0.1) is 11.6 Å². The Balaban J connectivity index is 1.94. The molecule has 0 aliphatic heterocycles. The molecule has 0 radical (unpaired) electrons. The summed E-state index contributed by atoms with van der Waals surface area (Å²) in [7, 11) is 0. The third-order valence-electron chi connectivity index (χ3n) is 2.57. The molecule has 3 nitrogen and oxygen atoms in total. The van der Waals surface area contributed by atoms with Gasteiger partial charge in [0, 0.05) is 16.8 Å². The number of anilines is 2. The molecule has 0 fully saturated rings. The quantitative estimate of drug-likeness (QED) is 0.876. The van der Waals surface area contributed by atoms with Gasteiger partial charge in [0.15, 0.2) is 11.6 Å². The molecule has 0 unspecified atom stereocenters. The van der Waals surface area contributed by atoms with Gasteiger partial charge in [-0.1, -0.05) is 23.2 Å². The highest BCUT2D eigenvalue weighted by molar-refractivity contribution is 6.36. The molecule has 0 atom stereocenters.